The van der Waals surface area contributed by atoms with Gasteiger partial charge in [-0.15, -0.1) is 13.2 Å². The molecular weight excluding hydrogens is 158 g/mol. The Labute approximate surface area is 51.8 Å². The molecule has 0 heterocycles. The third-order valence-corrected chi connectivity index (χ3v) is 0. The summed E-state index contributed by atoms with van der Waals surface area (Å²) < 4.78 is 9.30. The molecule has 0 aromatic carbocycles. The second-order valence-corrected chi connectivity index (χ2v) is 4.57. The molecule has 0 aromatic heterocycles. The van der Waals surface area contributed by atoms with Gasteiger partial charge in [0.15, 0.2) is 0 Å². The van der Waals surface area contributed by atoms with E-state index < -0.39 is 6.07 Å². The van der Waals surface area contributed by atoms with Gasteiger partial charge >= 0.3 is 6.07 Å². The zero-order valence-corrected chi connectivity index (χ0v) is 5.88. The fraction of sp³-hybridized carbons (Fsp3) is 0. The largest absolute Gasteiger partial charge is 0.377 e. The van der Waals surface area contributed by atoms with Crippen LogP contribution in [0.5, 0.6) is 0 Å². The summed E-state index contributed by atoms with van der Waals surface area (Å²) in [5, 5.41) is 0. The molecule has 0 radical (unpaired) electrons. The van der Waals surface area contributed by atoms with Gasteiger partial charge in [-0.2, -0.15) is 0 Å². The average molecular weight is 163 g/mol. The highest BCUT2D eigenvalue weighted by molar-refractivity contribution is 8.04. The third-order valence-electron chi connectivity index (χ3n) is 0. The number of rotatable bonds is 0. The third kappa shape index (κ3) is 509. The van der Waals surface area contributed by atoms with Crippen LogP contribution in [0, 0.1) is 0 Å². The van der Waals surface area contributed by atoms with E-state index in [4.69, 9.17) is 4.89 Å². The minimum absolute atomic E-state index is 3.00. The van der Waals surface area contributed by atoms with Crippen molar-refractivity contribution in [3.8, 4) is 0 Å². The smallest absolute Gasteiger partial charge is 0.322 e. The molecule has 0 rings (SSSR count). The lowest BCUT2D eigenvalue weighted by Gasteiger charge is -1.77. The van der Waals surface area contributed by atoms with E-state index in [0.717, 1.165) is 0 Å². The zero-order chi connectivity index (χ0) is 6.50. The minimum atomic E-state index is -3.69. The van der Waals surface area contributed by atoms with Crippen LogP contribution in [0.2, 0.25) is 0 Å². The van der Waals surface area contributed by atoms with Crippen LogP contribution in [-0.2, 0) is 4.57 Å². The minimum Gasteiger partial charge on any atom is -0.322 e. The molecule has 0 saturated carbocycles. The van der Waals surface area contributed by atoms with Gasteiger partial charge in [0.1, 0.15) is 0 Å². The van der Waals surface area contributed by atoms with E-state index in [1.807, 2.05) is 0 Å². The molecule has 0 saturated heterocycles. The van der Waals surface area contributed by atoms with Gasteiger partial charge in [0.25, 0.3) is 0 Å². The molecule has 0 fully saturated rings. The molecule has 0 atom stereocenters. The maximum atomic E-state index is 9.30. The summed E-state index contributed by atoms with van der Waals surface area (Å²) in [6, 6.07) is 0. The molecule has 0 unspecified atom stereocenters. The van der Waals surface area contributed by atoms with E-state index in [9.17, 15) is 4.57 Å². The van der Waals surface area contributed by atoms with Crippen LogP contribution in [0.4, 0.5) is 0 Å². The maximum Gasteiger partial charge on any atom is 0.377 e. The Bertz CT molecular complexity index is 69.5. The highest BCUT2D eigenvalue weighted by atomic mass is 35.9. The fourth-order valence-electron chi connectivity index (χ4n) is 0. The van der Waals surface area contributed by atoms with Crippen molar-refractivity contribution in [2.24, 2.45) is 0 Å². The highest BCUT2D eigenvalue weighted by Crippen LogP contribution is 2.51. The molecule has 5 heteroatoms. The Kier molecular flexibility index (Phi) is 6.98. The first-order valence-electron chi connectivity index (χ1n) is 1.22. The number of hydrogen-bond donors (Lipinski definition) is 1. The molecule has 0 aliphatic rings. The second kappa shape index (κ2) is 4.66. The average Bonchev–Trinajstić information content (AvgIpc) is 1.36. The summed E-state index contributed by atoms with van der Waals surface area (Å²) in [6.45, 7) is 6.00. The van der Waals surface area contributed by atoms with Gasteiger partial charge in [-0.3, -0.25) is 4.57 Å². The van der Waals surface area contributed by atoms with Gasteiger partial charge in [0.05, 0.1) is 0 Å². The molecule has 0 aromatic rings. The molecule has 1 N–H and O–H groups in total. The van der Waals surface area contributed by atoms with E-state index in [1.54, 1.807) is 0 Å². The summed E-state index contributed by atoms with van der Waals surface area (Å²) in [6.07, 6.45) is -3.69. The molecule has 0 aliphatic carbocycles. The lowest BCUT2D eigenvalue weighted by molar-refractivity contribution is 0.512. The monoisotopic (exact) mass is 162 g/mol. The molecule has 0 bridgehead atoms. The molecule has 7 heavy (non-hydrogen) atoms. The van der Waals surface area contributed by atoms with Crippen molar-refractivity contribution in [3.05, 3.63) is 13.2 Å². The molecule has 2 nitrogen and oxygen atoms in total. The Morgan fingerprint density at radius 3 is 1.43 bits per heavy atom. The normalized spacial score (nSPS) is 9.00. The van der Waals surface area contributed by atoms with Gasteiger partial charge < -0.3 is 4.89 Å². The fourth-order valence-corrected chi connectivity index (χ4v) is 0. The van der Waals surface area contributed by atoms with Crippen LogP contribution in [0.3, 0.4) is 0 Å². The maximum absolute atomic E-state index is 9.30. The van der Waals surface area contributed by atoms with Crippen molar-refractivity contribution in [2.75, 3.05) is 0 Å². The quantitative estimate of drug-likeness (QED) is 0.439. The predicted molar refractivity (Wildman–Crippen MR) is 32.8 cm³/mol. The highest BCUT2D eigenvalue weighted by Gasteiger charge is 2.02. The Morgan fingerprint density at radius 1 is 1.43 bits per heavy atom. The molecular formula is C2H5Cl2O2P. The van der Waals surface area contributed by atoms with Gasteiger partial charge in [-0.05, 0) is 22.5 Å². The predicted octanol–water partition coefficient (Wildman–Crippen LogP) is 2.37. The van der Waals surface area contributed by atoms with E-state index in [1.165, 1.54) is 0 Å². The standard InChI is InChI=1S/C2H4.Cl2HO2P/c1-2;1-5(2,3)4/h1-2H2;(H,3,4). The molecule has 44 valence electrons. The van der Waals surface area contributed by atoms with Crippen LogP contribution in [-0.4, -0.2) is 4.89 Å². The van der Waals surface area contributed by atoms with Crippen LogP contribution >= 0.6 is 28.6 Å². The van der Waals surface area contributed by atoms with Crippen molar-refractivity contribution in [1.82, 2.24) is 0 Å². The van der Waals surface area contributed by atoms with Gasteiger partial charge in [0.2, 0.25) is 0 Å². The topological polar surface area (TPSA) is 37.3 Å². The van der Waals surface area contributed by atoms with E-state index >= 15 is 0 Å². The lowest BCUT2D eigenvalue weighted by Crippen LogP contribution is -1.39. The van der Waals surface area contributed by atoms with Crippen LogP contribution in [0.1, 0.15) is 0 Å². The first-order valence-corrected chi connectivity index (χ1v) is 4.69. The van der Waals surface area contributed by atoms with Crippen LogP contribution in [0.25, 0.3) is 0 Å². The molecule has 0 aliphatic heterocycles. The molecule has 0 amide bonds. The van der Waals surface area contributed by atoms with Crippen LogP contribution in [0.15, 0.2) is 13.2 Å². The number of hydrogen-bond acceptors (Lipinski definition) is 1. The van der Waals surface area contributed by atoms with E-state index in [2.05, 4.69) is 35.6 Å². The van der Waals surface area contributed by atoms with Crippen molar-refractivity contribution >= 4 is 28.6 Å². The van der Waals surface area contributed by atoms with Gasteiger partial charge in [-0.1, -0.05) is 0 Å². The summed E-state index contributed by atoms with van der Waals surface area (Å²) in [5.74, 6) is 0. The summed E-state index contributed by atoms with van der Waals surface area (Å²) in [5.41, 5.74) is 0. The summed E-state index contributed by atoms with van der Waals surface area (Å²) in [7, 11) is 0. The van der Waals surface area contributed by atoms with Crippen molar-refractivity contribution in [3.63, 3.8) is 0 Å². The van der Waals surface area contributed by atoms with Crippen LogP contribution < -0.4 is 0 Å². The summed E-state index contributed by atoms with van der Waals surface area (Å²) in [4.78, 5) is 7.61. The Balaban J connectivity index is 0. The Morgan fingerprint density at radius 2 is 1.43 bits per heavy atom. The lowest BCUT2D eigenvalue weighted by atomic mass is 11.3. The summed E-state index contributed by atoms with van der Waals surface area (Å²) >= 11 is 8.81. The van der Waals surface area contributed by atoms with Gasteiger partial charge in [-0.25, -0.2) is 0 Å². The van der Waals surface area contributed by atoms with Gasteiger partial charge in [0, 0.05) is 0 Å². The first kappa shape index (κ1) is 10.5. The second-order valence-electron chi connectivity index (χ2n) is 0.435. The van der Waals surface area contributed by atoms with Crippen molar-refractivity contribution in [2.45, 2.75) is 0 Å². The first-order chi connectivity index (χ1) is 3.00. The van der Waals surface area contributed by atoms with Crippen molar-refractivity contribution < 1.29 is 9.46 Å². The van der Waals surface area contributed by atoms with Crippen molar-refractivity contribution in [1.29, 1.82) is 0 Å². The SMILES string of the molecule is C=C.O=P(O)(Cl)Cl. The van der Waals surface area contributed by atoms with E-state index in [0.29, 0.717) is 0 Å². The zero-order valence-electron chi connectivity index (χ0n) is 3.47. The Hall–Kier alpha value is 0.510. The number of halogens is 2. The molecule has 0 spiro atoms. The van der Waals surface area contributed by atoms with E-state index in [-0.39, 0.29) is 0 Å².